The zero-order chi connectivity index (χ0) is 10.3. The van der Waals surface area contributed by atoms with Crippen LogP contribution in [0.2, 0.25) is 5.02 Å². The van der Waals surface area contributed by atoms with Crippen molar-refractivity contribution in [3.8, 4) is 5.75 Å². The Balaban J connectivity index is 2.58. The molecule has 1 aromatic rings. The van der Waals surface area contributed by atoms with Crippen molar-refractivity contribution in [2.24, 2.45) is 0 Å². The Bertz CT molecular complexity index is 392. The van der Waals surface area contributed by atoms with Gasteiger partial charge in [-0.15, -0.1) is 0 Å². The second-order valence-corrected chi connectivity index (χ2v) is 4.35. The highest BCUT2D eigenvalue weighted by Gasteiger charge is 2.28. The highest BCUT2D eigenvalue weighted by atomic mass is 35.5. The zero-order valence-electron chi connectivity index (χ0n) is 8.18. The second-order valence-electron chi connectivity index (χ2n) is 3.94. The minimum absolute atomic E-state index is 0.220. The number of benzene rings is 1. The molecule has 0 amide bonds. The number of halogens is 1. The molecule has 2 rings (SSSR count). The van der Waals surface area contributed by atoms with Gasteiger partial charge in [0.1, 0.15) is 5.75 Å². The van der Waals surface area contributed by atoms with Gasteiger partial charge in [0.05, 0.1) is 0 Å². The molecule has 0 saturated heterocycles. The summed E-state index contributed by atoms with van der Waals surface area (Å²) in [6, 6.07) is 3.36. The van der Waals surface area contributed by atoms with E-state index >= 15 is 0 Å². The summed E-state index contributed by atoms with van der Waals surface area (Å²) in [4.78, 5) is 0. The van der Waals surface area contributed by atoms with Crippen molar-refractivity contribution in [2.75, 3.05) is 0 Å². The molecule has 0 atom stereocenters. The third-order valence-electron chi connectivity index (χ3n) is 2.56. The Hall–Kier alpha value is -0.950. The van der Waals surface area contributed by atoms with Crippen LogP contribution >= 0.6 is 11.6 Å². The van der Waals surface area contributed by atoms with Crippen LogP contribution < -0.4 is 0 Å². The van der Waals surface area contributed by atoms with Crippen molar-refractivity contribution in [3.63, 3.8) is 0 Å². The summed E-state index contributed by atoms with van der Waals surface area (Å²) in [6.07, 6.45) is 2.40. The molecular weight excluding hydrogens is 196 g/mol. The molecule has 0 spiro atoms. The molecule has 0 radical (unpaired) electrons. The van der Waals surface area contributed by atoms with Gasteiger partial charge in [-0.25, -0.2) is 0 Å². The van der Waals surface area contributed by atoms with Crippen LogP contribution in [0.1, 0.15) is 36.8 Å². The lowest BCUT2D eigenvalue weighted by Gasteiger charge is -2.11. The molecule has 1 aliphatic rings. The zero-order valence-corrected chi connectivity index (χ0v) is 8.93. The van der Waals surface area contributed by atoms with Crippen LogP contribution in [0.5, 0.6) is 5.75 Å². The fourth-order valence-corrected chi connectivity index (χ4v) is 2.11. The van der Waals surface area contributed by atoms with Crippen molar-refractivity contribution in [1.29, 1.82) is 0 Å². The van der Waals surface area contributed by atoms with Gasteiger partial charge < -0.3 is 5.11 Å². The standard InChI is InChI=1S/C12H13ClO/c1-7(2)10-5-9(14)6-11(13)12(10)8-3-4-8/h5-6,8,14H,1,3-4H2,2H3. The Morgan fingerprint density at radius 2 is 2.14 bits per heavy atom. The van der Waals surface area contributed by atoms with Crippen molar-refractivity contribution in [3.05, 3.63) is 34.9 Å². The Kier molecular flexibility index (Phi) is 2.28. The summed E-state index contributed by atoms with van der Waals surface area (Å²) in [5, 5.41) is 10.1. The van der Waals surface area contributed by atoms with Crippen molar-refractivity contribution in [1.82, 2.24) is 0 Å². The van der Waals surface area contributed by atoms with E-state index in [9.17, 15) is 5.11 Å². The third kappa shape index (κ3) is 1.64. The predicted molar refractivity (Wildman–Crippen MR) is 59.8 cm³/mol. The van der Waals surface area contributed by atoms with Crippen LogP contribution in [-0.2, 0) is 0 Å². The van der Waals surface area contributed by atoms with Gasteiger partial charge in [-0.05, 0) is 48.9 Å². The van der Waals surface area contributed by atoms with Crippen LogP contribution in [0.15, 0.2) is 18.7 Å². The SMILES string of the molecule is C=C(C)c1cc(O)cc(Cl)c1C1CC1. The van der Waals surface area contributed by atoms with Crippen LogP contribution in [0.4, 0.5) is 0 Å². The van der Waals surface area contributed by atoms with Crippen LogP contribution in [0, 0.1) is 0 Å². The Morgan fingerprint density at radius 1 is 1.50 bits per heavy atom. The summed E-state index contributed by atoms with van der Waals surface area (Å²) in [7, 11) is 0. The highest BCUT2D eigenvalue weighted by Crippen LogP contribution is 2.47. The van der Waals surface area contributed by atoms with Gasteiger partial charge in [0, 0.05) is 5.02 Å². The molecule has 1 fully saturated rings. The smallest absolute Gasteiger partial charge is 0.117 e. The number of phenolic OH excluding ortho intramolecular Hbond substituents is 1. The monoisotopic (exact) mass is 208 g/mol. The summed E-state index contributed by atoms with van der Waals surface area (Å²) < 4.78 is 0. The van der Waals surface area contributed by atoms with E-state index in [0.29, 0.717) is 10.9 Å². The molecule has 1 nitrogen and oxygen atoms in total. The first-order valence-corrected chi connectivity index (χ1v) is 5.15. The minimum Gasteiger partial charge on any atom is -0.508 e. The highest BCUT2D eigenvalue weighted by molar-refractivity contribution is 6.31. The van der Waals surface area contributed by atoms with Gasteiger partial charge in [0.25, 0.3) is 0 Å². The maximum atomic E-state index is 9.44. The van der Waals surface area contributed by atoms with Crippen molar-refractivity contribution >= 4 is 17.2 Å². The number of hydrogen-bond acceptors (Lipinski definition) is 1. The second kappa shape index (κ2) is 3.32. The molecule has 1 saturated carbocycles. The first-order valence-electron chi connectivity index (χ1n) is 4.78. The van der Waals surface area contributed by atoms with Crippen LogP contribution in [0.3, 0.4) is 0 Å². The van der Waals surface area contributed by atoms with Gasteiger partial charge in [0.15, 0.2) is 0 Å². The van der Waals surface area contributed by atoms with Gasteiger partial charge in [-0.3, -0.25) is 0 Å². The average molecular weight is 209 g/mol. The molecule has 1 aliphatic carbocycles. The lowest BCUT2D eigenvalue weighted by molar-refractivity contribution is 0.475. The maximum Gasteiger partial charge on any atom is 0.117 e. The number of rotatable bonds is 2. The van der Waals surface area contributed by atoms with Gasteiger partial charge in [-0.2, -0.15) is 0 Å². The molecule has 14 heavy (non-hydrogen) atoms. The largest absolute Gasteiger partial charge is 0.508 e. The quantitative estimate of drug-likeness (QED) is 0.780. The minimum atomic E-state index is 0.220. The molecule has 74 valence electrons. The van der Waals surface area contributed by atoms with Crippen molar-refractivity contribution < 1.29 is 5.11 Å². The van der Waals surface area contributed by atoms with E-state index in [-0.39, 0.29) is 5.75 Å². The molecule has 0 bridgehead atoms. The van der Waals surface area contributed by atoms with Crippen LogP contribution in [-0.4, -0.2) is 5.11 Å². The van der Waals surface area contributed by atoms with E-state index in [1.54, 1.807) is 12.1 Å². The van der Waals surface area contributed by atoms with E-state index in [1.165, 1.54) is 12.8 Å². The predicted octanol–water partition coefficient (Wildman–Crippen LogP) is 3.96. The average Bonchev–Trinajstić information content (AvgIpc) is 2.85. The van der Waals surface area contributed by atoms with Gasteiger partial charge in [0.2, 0.25) is 0 Å². The third-order valence-corrected chi connectivity index (χ3v) is 2.87. The number of phenols is 1. The lowest BCUT2D eigenvalue weighted by Crippen LogP contribution is -1.90. The molecule has 0 aliphatic heterocycles. The maximum absolute atomic E-state index is 9.44. The van der Waals surface area contributed by atoms with E-state index in [2.05, 4.69) is 6.58 Å². The van der Waals surface area contributed by atoms with Gasteiger partial charge >= 0.3 is 0 Å². The topological polar surface area (TPSA) is 20.2 Å². The summed E-state index contributed by atoms with van der Waals surface area (Å²) >= 11 is 6.11. The molecular formula is C12H13ClO. The van der Waals surface area contributed by atoms with Gasteiger partial charge in [-0.1, -0.05) is 23.8 Å². The molecule has 1 N–H and O–H groups in total. The normalized spacial score (nSPS) is 15.6. The van der Waals surface area contributed by atoms with E-state index in [0.717, 1.165) is 16.7 Å². The Morgan fingerprint density at radius 3 is 2.64 bits per heavy atom. The summed E-state index contributed by atoms with van der Waals surface area (Å²) in [6.45, 7) is 5.85. The Labute approximate surface area is 89.0 Å². The fraction of sp³-hybridized carbons (Fsp3) is 0.333. The van der Waals surface area contributed by atoms with E-state index in [1.807, 2.05) is 6.92 Å². The van der Waals surface area contributed by atoms with E-state index < -0.39 is 0 Å². The number of hydrogen-bond donors (Lipinski definition) is 1. The van der Waals surface area contributed by atoms with Crippen LogP contribution in [0.25, 0.3) is 5.57 Å². The van der Waals surface area contributed by atoms with Crippen molar-refractivity contribution in [2.45, 2.75) is 25.7 Å². The number of aromatic hydroxyl groups is 1. The first kappa shape index (κ1) is 9.60. The molecule has 0 heterocycles. The lowest BCUT2D eigenvalue weighted by atomic mass is 9.98. The first-order chi connectivity index (χ1) is 6.59. The molecule has 0 unspecified atom stereocenters. The number of allylic oxidation sites excluding steroid dienone is 1. The summed E-state index contributed by atoms with van der Waals surface area (Å²) in [5.41, 5.74) is 3.14. The molecule has 2 heteroatoms. The molecule has 1 aromatic carbocycles. The molecule has 0 aromatic heterocycles. The summed E-state index contributed by atoms with van der Waals surface area (Å²) in [5.74, 6) is 0.798. The van der Waals surface area contributed by atoms with E-state index in [4.69, 9.17) is 11.6 Å². The fourth-order valence-electron chi connectivity index (χ4n) is 1.74.